The predicted octanol–water partition coefficient (Wildman–Crippen LogP) is 1.85. The molecule has 0 saturated heterocycles. The zero-order chi connectivity index (χ0) is 11.9. The molecule has 0 fully saturated rings. The molecule has 0 atom stereocenters. The van der Waals surface area contributed by atoms with E-state index in [1.165, 1.54) is 0 Å². The van der Waals surface area contributed by atoms with Gasteiger partial charge in [-0.3, -0.25) is 0 Å². The van der Waals surface area contributed by atoms with Gasteiger partial charge in [-0.25, -0.2) is 13.6 Å². The summed E-state index contributed by atoms with van der Waals surface area (Å²) in [6.45, 7) is 0. The third-order valence-corrected chi connectivity index (χ3v) is 3.48. The van der Waals surface area contributed by atoms with E-state index in [4.69, 9.17) is 16.7 Å². The molecule has 2 aromatic rings. The molecule has 0 unspecified atom stereocenters. The van der Waals surface area contributed by atoms with E-state index < -0.39 is 10.0 Å². The third kappa shape index (κ3) is 1.73. The quantitative estimate of drug-likeness (QED) is 0.818. The lowest BCUT2D eigenvalue weighted by Crippen LogP contribution is -2.12. The average molecular weight is 258 g/mol. The van der Waals surface area contributed by atoms with Gasteiger partial charge in [0, 0.05) is 10.8 Å². The number of hydrogen-bond acceptors (Lipinski definition) is 3. The second kappa shape index (κ2) is 3.62. The van der Waals surface area contributed by atoms with Crippen molar-refractivity contribution in [1.29, 1.82) is 0 Å². The Bertz CT molecular complexity index is 667. The molecule has 0 radical (unpaired) electrons. The number of benzene rings is 2. The molecule has 0 heterocycles. The molecule has 0 aliphatic heterocycles. The van der Waals surface area contributed by atoms with Crippen LogP contribution in [0.2, 0.25) is 5.02 Å². The molecule has 3 N–H and O–H groups in total. The molecule has 0 bridgehead atoms. The van der Waals surface area contributed by atoms with Gasteiger partial charge in [-0.1, -0.05) is 35.9 Å². The molecule has 2 rings (SSSR count). The first-order chi connectivity index (χ1) is 7.41. The third-order valence-electron chi connectivity index (χ3n) is 2.24. The summed E-state index contributed by atoms with van der Waals surface area (Å²) < 4.78 is 22.7. The van der Waals surface area contributed by atoms with Gasteiger partial charge in [0.1, 0.15) is 5.75 Å². The highest BCUT2D eigenvalue weighted by Gasteiger charge is 2.16. The summed E-state index contributed by atoms with van der Waals surface area (Å²) in [4.78, 5) is -0.0918. The van der Waals surface area contributed by atoms with Crippen molar-refractivity contribution >= 4 is 32.4 Å². The Morgan fingerprint density at radius 1 is 1.19 bits per heavy atom. The van der Waals surface area contributed by atoms with Crippen LogP contribution < -0.4 is 5.14 Å². The predicted molar refractivity (Wildman–Crippen MR) is 62.0 cm³/mol. The summed E-state index contributed by atoms with van der Waals surface area (Å²) in [7, 11) is -3.86. The summed E-state index contributed by atoms with van der Waals surface area (Å²) >= 11 is 5.73. The molecule has 4 nitrogen and oxygen atoms in total. The number of halogens is 1. The lowest BCUT2D eigenvalue weighted by molar-refractivity contribution is 0.481. The molecular formula is C10H8ClNO3S. The summed E-state index contributed by atoms with van der Waals surface area (Å²) in [5.74, 6) is -0.148. The largest absolute Gasteiger partial charge is 0.506 e. The fraction of sp³-hybridized carbons (Fsp3) is 0. The Kier molecular flexibility index (Phi) is 2.53. The lowest BCUT2D eigenvalue weighted by Gasteiger charge is -2.07. The summed E-state index contributed by atoms with van der Waals surface area (Å²) in [6, 6.07) is 7.61. The molecule has 2 aromatic carbocycles. The maximum absolute atomic E-state index is 11.3. The van der Waals surface area contributed by atoms with Gasteiger partial charge in [0.15, 0.2) is 0 Å². The summed E-state index contributed by atoms with van der Waals surface area (Å²) in [6.07, 6.45) is 0. The van der Waals surface area contributed by atoms with E-state index in [0.717, 1.165) is 6.07 Å². The van der Waals surface area contributed by atoms with E-state index in [1.54, 1.807) is 24.3 Å². The molecule has 0 aliphatic rings. The van der Waals surface area contributed by atoms with Crippen LogP contribution in [-0.2, 0) is 10.0 Å². The highest BCUT2D eigenvalue weighted by molar-refractivity contribution is 7.89. The van der Waals surface area contributed by atoms with Gasteiger partial charge in [-0.05, 0) is 6.07 Å². The molecule has 0 spiro atoms. The number of phenolic OH excluding ortho intramolecular Hbond substituents is 1. The Balaban J connectivity index is 3.02. The number of hydrogen-bond donors (Lipinski definition) is 2. The van der Waals surface area contributed by atoms with Gasteiger partial charge < -0.3 is 5.11 Å². The van der Waals surface area contributed by atoms with Gasteiger partial charge in [0.05, 0.1) is 9.92 Å². The Morgan fingerprint density at radius 2 is 1.75 bits per heavy atom. The first-order valence-corrected chi connectivity index (χ1v) is 6.26. The van der Waals surface area contributed by atoms with Gasteiger partial charge in [0.2, 0.25) is 10.0 Å². The van der Waals surface area contributed by atoms with Crippen LogP contribution in [0.4, 0.5) is 0 Å². The smallest absolute Gasteiger partial charge is 0.238 e. The van der Waals surface area contributed by atoms with Crippen LogP contribution in [0.5, 0.6) is 5.75 Å². The normalized spacial score (nSPS) is 11.9. The van der Waals surface area contributed by atoms with E-state index in [2.05, 4.69) is 0 Å². The molecule has 0 aliphatic carbocycles. The number of rotatable bonds is 1. The monoisotopic (exact) mass is 257 g/mol. The molecular weight excluding hydrogens is 250 g/mol. The molecule has 0 amide bonds. The topological polar surface area (TPSA) is 80.4 Å². The maximum Gasteiger partial charge on any atom is 0.238 e. The Morgan fingerprint density at radius 3 is 2.31 bits per heavy atom. The van der Waals surface area contributed by atoms with Gasteiger partial charge in [0.25, 0.3) is 0 Å². The second-order valence-electron chi connectivity index (χ2n) is 3.30. The van der Waals surface area contributed by atoms with Crippen molar-refractivity contribution in [3.8, 4) is 5.75 Å². The van der Waals surface area contributed by atoms with E-state index in [-0.39, 0.29) is 15.7 Å². The summed E-state index contributed by atoms with van der Waals surface area (Å²) in [5.41, 5.74) is 0. The van der Waals surface area contributed by atoms with Crippen molar-refractivity contribution in [2.45, 2.75) is 4.90 Å². The highest BCUT2D eigenvalue weighted by atomic mass is 35.5. The Labute approximate surface area is 97.3 Å². The van der Waals surface area contributed by atoms with Crippen molar-refractivity contribution < 1.29 is 13.5 Å². The van der Waals surface area contributed by atoms with Gasteiger partial charge in [-0.15, -0.1) is 0 Å². The standard InChI is InChI=1S/C10H8ClNO3S/c11-8-5-9(16(12,14)15)6-3-1-2-4-7(6)10(8)13/h1-5,13H,(H2,12,14,15). The minimum absolute atomic E-state index is 0.0391. The van der Waals surface area contributed by atoms with Crippen molar-refractivity contribution in [2.75, 3.05) is 0 Å². The molecule has 84 valence electrons. The van der Waals surface area contributed by atoms with E-state index >= 15 is 0 Å². The fourth-order valence-electron chi connectivity index (χ4n) is 1.53. The minimum atomic E-state index is -3.86. The molecule has 0 aromatic heterocycles. The van der Waals surface area contributed by atoms with Crippen LogP contribution in [-0.4, -0.2) is 13.5 Å². The fourth-order valence-corrected chi connectivity index (χ4v) is 2.57. The SMILES string of the molecule is NS(=O)(=O)c1cc(Cl)c(O)c2ccccc12. The maximum atomic E-state index is 11.3. The van der Waals surface area contributed by atoms with E-state index in [0.29, 0.717) is 10.8 Å². The van der Waals surface area contributed by atoms with Crippen LogP contribution in [0.1, 0.15) is 0 Å². The van der Waals surface area contributed by atoms with Crippen LogP contribution in [0.25, 0.3) is 10.8 Å². The zero-order valence-electron chi connectivity index (χ0n) is 8.01. The molecule has 16 heavy (non-hydrogen) atoms. The van der Waals surface area contributed by atoms with Crippen molar-refractivity contribution in [1.82, 2.24) is 0 Å². The van der Waals surface area contributed by atoms with Gasteiger partial charge in [-0.2, -0.15) is 0 Å². The molecule has 0 saturated carbocycles. The zero-order valence-corrected chi connectivity index (χ0v) is 9.59. The first-order valence-electron chi connectivity index (χ1n) is 4.34. The second-order valence-corrected chi connectivity index (χ2v) is 5.23. The number of aromatic hydroxyl groups is 1. The average Bonchev–Trinajstić information content (AvgIpc) is 2.22. The van der Waals surface area contributed by atoms with Crippen molar-refractivity contribution in [3.05, 3.63) is 35.4 Å². The Hall–Kier alpha value is -1.30. The van der Waals surface area contributed by atoms with Crippen LogP contribution in [0, 0.1) is 0 Å². The van der Waals surface area contributed by atoms with E-state index in [9.17, 15) is 13.5 Å². The minimum Gasteiger partial charge on any atom is -0.506 e. The van der Waals surface area contributed by atoms with Crippen LogP contribution in [0.3, 0.4) is 0 Å². The first kappa shape index (κ1) is 11.2. The number of phenols is 1. The van der Waals surface area contributed by atoms with Crippen LogP contribution >= 0.6 is 11.6 Å². The number of primary sulfonamides is 1. The van der Waals surface area contributed by atoms with Crippen molar-refractivity contribution in [3.63, 3.8) is 0 Å². The number of nitrogens with two attached hydrogens (primary N) is 1. The van der Waals surface area contributed by atoms with Crippen molar-refractivity contribution in [2.24, 2.45) is 5.14 Å². The van der Waals surface area contributed by atoms with E-state index in [1.807, 2.05) is 0 Å². The lowest BCUT2D eigenvalue weighted by atomic mass is 10.1. The number of fused-ring (bicyclic) bond motifs is 1. The van der Waals surface area contributed by atoms with Crippen LogP contribution in [0.15, 0.2) is 35.2 Å². The summed E-state index contributed by atoms with van der Waals surface area (Å²) in [5, 5.41) is 15.4. The molecule has 6 heteroatoms. The highest BCUT2D eigenvalue weighted by Crippen LogP contribution is 2.36. The number of sulfonamides is 1. The van der Waals surface area contributed by atoms with Gasteiger partial charge >= 0.3 is 0 Å².